The number of rotatable bonds is 3. The molecule has 2 fully saturated rings. The smallest absolute Gasteiger partial charge is 0.128 e. The van der Waals surface area contributed by atoms with Gasteiger partial charge in [0.05, 0.1) is 0 Å². The van der Waals surface area contributed by atoms with Gasteiger partial charge in [0.2, 0.25) is 0 Å². The van der Waals surface area contributed by atoms with Crippen LogP contribution in [0.1, 0.15) is 64.2 Å². The average Bonchev–Trinajstić information content (AvgIpc) is 3.45. The van der Waals surface area contributed by atoms with Crippen LogP contribution in [0.4, 0.5) is 0 Å². The summed E-state index contributed by atoms with van der Waals surface area (Å²) in [7, 11) is -0.429. The third-order valence-corrected chi connectivity index (χ3v) is 13.3. The average molecular weight is 438 g/mol. The van der Waals surface area contributed by atoms with Crippen molar-refractivity contribution in [3.63, 3.8) is 0 Å². The maximum atomic E-state index is 6.29. The summed E-state index contributed by atoms with van der Waals surface area (Å²) in [5, 5.41) is 3.14. The van der Waals surface area contributed by atoms with Crippen molar-refractivity contribution >= 4 is 26.5 Å². The summed E-state index contributed by atoms with van der Waals surface area (Å²) < 4.78 is 12.6. The van der Waals surface area contributed by atoms with E-state index in [0.29, 0.717) is 0 Å². The monoisotopic (exact) mass is 438 g/mol. The van der Waals surface area contributed by atoms with E-state index in [9.17, 15) is 0 Å². The summed E-state index contributed by atoms with van der Waals surface area (Å²) >= 11 is 0. The second-order valence-corrected chi connectivity index (χ2v) is 14.1. The van der Waals surface area contributed by atoms with Gasteiger partial charge in [-0.3, -0.25) is 0 Å². The van der Waals surface area contributed by atoms with E-state index >= 15 is 0 Å². The fraction of sp³-hybridized carbons (Fsp3) is 0.538. The molecule has 4 aliphatic rings. The number of fused-ring (bicyclic) bond motifs is 2. The highest BCUT2D eigenvalue weighted by Crippen LogP contribution is 2.57. The second-order valence-electron chi connectivity index (χ2n) is 9.37. The summed E-state index contributed by atoms with van der Waals surface area (Å²) in [6.45, 7) is 0. The Balaban J connectivity index is 1.43. The standard InChI is InChI=1S/C26H32O2P2/c1-3-9-19(10-4-1)29-17-27-23-15-7-13-21(25(23)29)22-14-8-16-24-26(22)30(18-28-24)20-11-5-2-6-12-20/h7-8,13-16,19-20H,1-6,9-12,17-18H2/t29-,30?/m0/s1. The van der Waals surface area contributed by atoms with Gasteiger partial charge in [0, 0.05) is 10.6 Å². The number of hydrogen-bond acceptors (Lipinski definition) is 2. The van der Waals surface area contributed by atoms with Gasteiger partial charge in [0.15, 0.2) is 0 Å². The van der Waals surface area contributed by atoms with Gasteiger partial charge in [-0.05, 0) is 76.1 Å². The summed E-state index contributed by atoms with van der Waals surface area (Å²) in [6.07, 6.45) is 15.9. The fourth-order valence-electron chi connectivity index (χ4n) is 6.07. The molecular formula is C26H32O2P2. The lowest BCUT2D eigenvalue weighted by atomic mass is 10.0. The number of benzene rings is 2. The van der Waals surface area contributed by atoms with E-state index in [1.54, 1.807) is 10.6 Å². The van der Waals surface area contributed by atoms with Crippen LogP contribution in [0.2, 0.25) is 0 Å². The first kappa shape index (κ1) is 19.6. The summed E-state index contributed by atoms with van der Waals surface area (Å²) in [6, 6.07) is 13.6. The molecule has 4 heteroatoms. The molecule has 0 N–H and O–H groups in total. The Morgan fingerprint density at radius 3 is 1.43 bits per heavy atom. The molecule has 0 radical (unpaired) electrons. The molecule has 30 heavy (non-hydrogen) atoms. The van der Waals surface area contributed by atoms with Gasteiger partial charge in [-0.25, -0.2) is 0 Å². The quantitative estimate of drug-likeness (QED) is 0.484. The van der Waals surface area contributed by atoms with E-state index < -0.39 is 0 Å². The minimum atomic E-state index is -0.215. The van der Waals surface area contributed by atoms with Gasteiger partial charge in [0.25, 0.3) is 0 Å². The predicted molar refractivity (Wildman–Crippen MR) is 130 cm³/mol. The van der Waals surface area contributed by atoms with Gasteiger partial charge in [0.1, 0.15) is 24.2 Å². The molecule has 0 spiro atoms. The van der Waals surface area contributed by atoms with Crippen molar-refractivity contribution in [1.82, 2.24) is 0 Å². The Bertz CT molecular complexity index is 840. The number of ether oxygens (including phenoxy) is 2. The van der Waals surface area contributed by atoms with Crippen LogP contribution in [0, 0.1) is 0 Å². The molecule has 0 amide bonds. The first-order valence-electron chi connectivity index (χ1n) is 12.0. The van der Waals surface area contributed by atoms with Crippen molar-refractivity contribution in [2.75, 3.05) is 12.7 Å². The lowest BCUT2D eigenvalue weighted by Gasteiger charge is -2.29. The molecule has 2 aromatic rings. The van der Waals surface area contributed by atoms with Crippen LogP contribution in [0.15, 0.2) is 36.4 Å². The Kier molecular flexibility index (Phi) is 5.51. The SMILES string of the molecule is c1cc2c(c(-c3cccc4c3[P@](C3CCCCC3)CO4)c1)P(C1CCCCC1)CO2. The van der Waals surface area contributed by atoms with Crippen LogP contribution < -0.4 is 20.1 Å². The Morgan fingerprint density at radius 1 is 0.567 bits per heavy atom. The highest BCUT2D eigenvalue weighted by atomic mass is 31.1. The lowest BCUT2D eigenvalue weighted by Crippen LogP contribution is -2.20. The van der Waals surface area contributed by atoms with Crippen molar-refractivity contribution < 1.29 is 9.47 Å². The van der Waals surface area contributed by atoms with Gasteiger partial charge in [-0.1, -0.05) is 62.8 Å². The van der Waals surface area contributed by atoms with Crippen LogP contribution in [0.5, 0.6) is 11.5 Å². The molecule has 2 heterocycles. The highest BCUT2D eigenvalue weighted by molar-refractivity contribution is 7.67. The van der Waals surface area contributed by atoms with Gasteiger partial charge < -0.3 is 9.47 Å². The fourth-order valence-corrected chi connectivity index (χ4v) is 11.9. The first-order chi connectivity index (χ1) is 14.9. The van der Waals surface area contributed by atoms with Crippen LogP contribution in [0.25, 0.3) is 11.1 Å². The summed E-state index contributed by atoms with van der Waals surface area (Å²) in [5.74, 6) is 2.34. The van der Waals surface area contributed by atoms with Crippen LogP contribution >= 0.6 is 15.8 Å². The molecule has 2 atom stereocenters. The molecule has 2 saturated carbocycles. The van der Waals surface area contributed by atoms with Crippen molar-refractivity contribution in [1.29, 1.82) is 0 Å². The van der Waals surface area contributed by atoms with Crippen LogP contribution in [-0.2, 0) is 0 Å². The minimum absolute atomic E-state index is 0.215. The zero-order valence-electron chi connectivity index (χ0n) is 17.8. The van der Waals surface area contributed by atoms with Crippen molar-refractivity contribution in [3.05, 3.63) is 36.4 Å². The molecular weight excluding hydrogens is 406 g/mol. The molecule has 2 nitrogen and oxygen atoms in total. The van der Waals surface area contributed by atoms with E-state index in [1.807, 2.05) is 0 Å². The number of hydrogen-bond donors (Lipinski definition) is 0. The topological polar surface area (TPSA) is 18.5 Å². The largest absolute Gasteiger partial charge is 0.488 e. The van der Waals surface area contributed by atoms with E-state index in [4.69, 9.17) is 9.47 Å². The zero-order valence-corrected chi connectivity index (χ0v) is 19.6. The van der Waals surface area contributed by atoms with E-state index in [1.165, 1.54) is 86.8 Å². The Labute approximate surface area is 183 Å². The van der Waals surface area contributed by atoms with Gasteiger partial charge >= 0.3 is 0 Å². The van der Waals surface area contributed by atoms with Crippen LogP contribution in [0.3, 0.4) is 0 Å². The van der Waals surface area contributed by atoms with Gasteiger partial charge in [-0.15, -0.1) is 0 Å². The minimum Gasteiger partial charge on any atom is -0.488 e. The molecule has 0 saturated heterocycles. The molecule has 0 bridgehead atoms. The molecule has 2 aliphatic carbocycles. The third kappa shape index (κ3) is 3.40. The molecule has 0 aromatic heterocycles. The predicted octanol–water partition coefficient (Wildman–Crippen LogP) is 6.93. The zero-order chi connectivity index (χ0) is 19.9. The van der Waals surface area contributed by atoms with Crippen molar-refractivity contribution in [2.45, 2.75) is 75.5 Å². The van der Waals surface area contributed by atoms with E-state index in [0.717, 1.165) is 24.0 Å². The first-order valence-corrected chi connectivity index (χ1v) is 15.1. The molecule has 158 valence electrons. The molecule has 2 aliphatic heterocycles. The highest BCUT2D eigenvalue weighted by Gasteiger charge is 2.38. The van der Waals surface area contributed by atoms with Crippen molar-refractivity contribution in [3.8, 4) is 22.6 Å². The molecule has 2 aromatic carbocycles. The summed E-state index contributed by atoms with van der Waals surface area (Å²) in [5.41, 5.74) is 4.63. The Hall–Kier alpha value is -1.10. The van der Waals surface area contributed by atoms with E-state index in [-0.39, 0.29) is 15.8 Å². The maximum absolute atomic E-state index is 6.29. The maximum Gasteiger partial charge on any atom is 0.128 e. The summed E-state index contributed by atoms with van der Waals surface area (Å²) in [4.78, 5) is 0. The van der Waals surface area contributed by atoms with Gasteiger partial charge in [-0.2, -0.15) is 0 Å². The normalized spacial score (nSPS) is 26.7. The molecule has 1 unspecified atom stereocenters. The third-order valence-electron chi connectivity index (χ3n) is 7.61. The Morgan fingerprint density at radius 2 is 1.00 bits per heavy atom. The second kappa shape index (κ2) is 8.44. The lowest BCUT2D eigenvalue weighted by molar-refractivity contribution is 0.398. The van der Waals surface area contributed by atoms with Crippen LogP contribution in [-0.4, -0.2) is 24.0 Å². The van der Waals surface area contributed by atoms with E-state index in [2.05, 4.69) is 36.4 Å². The van der Waals surface area contributed by atoms with Crippen molar-refractivity contribution in [2.24, 2.45) is 0 Å². The molecule has 6 rings (SSSR count).